The molecular formula is C16H18N2OS2. The van der Waals surface area contributed by atoms with Crippen molar-refractivity contribution in [1.82, 2.24) is 9.55 Å². The van der Waals surface area contributed by atoms with Crippen molar-refractivity contribution in [3.8, 4) is 0 Å². The van der Waals surface area contributed by atoms with Gasteiger partial charge in [0.05, 0.1) is 5.39 Å². The van der Waals surface area contributed by atoms with Gasteiger partial charge in [-0.25, -0.2) is 4.98 Å². The van der Waals surface area contributed by atoms with E-state index in [0.29, 0.717) is 6.54 Å². The van der Waals surface area contributed by atoms with Gasteiger partial charge in [0.25, 0.3) is 5.56 Å². The topological polar surface area (TPSA) is 34.9 Å². The van der Waals surface area contributed by atoms with Gasteiger partial charge in [-0.05, 0) is 31.7 Å². The average molecular weight is 318 g/mol. The first-order valence-corrected chi connectivity index (χ1v) is 8.85. The Morgan fingerprint density at radius 2 is 2.33 bits per heavy atom. The third-order valence-electron chi connectivity index (χ3n) is 3.55. The van der Waals surface area contributed by atoms with Gasteiger partial charge in [0.15, 0.2) is 5.16 Å². The minimum atomic E-state index is 0.0866. The van der Waals surface area contributed by atoms with Gasteiger partial charge in [-0.3, -0.25) is 9.36 Å². The van der Waals surface area contributed by atoms with E-state index in [-0.39, 0.29) is 5.56 Å². The lowest BCUT2D eigenvalue weighted by Crippen LogP contribution is -2.23. The summed E-state index contributed by atoms with van der Waals surface area (Å²) in [6.45, 7) is 10.2. The van der Waals surface area contributed by atoms with Crippen LogP contribution in [0.5, 0.6) is 0 Å². The first kappa shape index (κ1) is 14.6. The van der Waals surface area contributed by atoms with Crippen molar-refractivity contribution in [2.45, 2.75) is 37.9 Å². The number of hydrogen-bond donors (Lipinski definition) is 0. The number of hydrogen-bond acceptors (Lipinski definition) is 4. The van der Waals surface area contributed by atoms with Crippen LogP contribution in [0.1, 0.15) is 23.8 Å². The van der Waals surface area contributed by atoms with E-state index in [2.05, 4.69) is 13.2 Å². The number of aryl methyl sites for hydroxylation is 2. The highest BCUT2D eigenvalue weighted by molar-refractivity contribution is 7.99. The van der Waals surface area contributed by atoms with Crippen molar-refractivity contribution >= 4 is 33.3 Å². The highest BCUT2D eigenvalue weighted by atomic mass is 32.2. The molecule has 3 nitrogen and oxygen atoms in total. The van der Waals surface area contributed by atoms with Crippen LogP contribution in [0.4, 0.5) is 0 Å². The lowest BCUT2D eigenvalue weighted by atomic mass is 10.2. The fourth-order valence-electron chi connectivity index (χ4n) is 2.65. The Hall–Kier alpha value is -1.33. The zero-order chi connectivity index (χ0) is 15.0. The van der Waals surface area contributed by atoms with Crippen LogP contribution in [0.2, 0.25) is 0 Å². The van der Waals surface area contributed by atoms with Crippen molar-refractivity contribution in [1.29, 1.82) is 0 Å². The smallest absolute Gasteiger partial charge is 0.263 e. The molecule has 1 aliphatic rings. The maximum atomic E-state index is 12.9. The van der Waals surface area contributed by atoms with Crippen LogP contribution < -0.4 is 5.56 Å². The second kappa shape index (κ2) is 5.81. The zero-order valence-corrected chi connectivity index (χ0v) is 13.8. The van der Waals surface area contributed by atoms with E-state index in [1.54, 1.807) is 33.7 Å². The summed E-state index contributed by atoms with van der Waals surface area (Å²) in [4.78, 5) is 19.8. The standard InChI is InChI=1S/C16H18N2OS2/c1-4-8-18-15(19)13-11-6-5-7-12(11)21-14(13)17-16(18)20-9-10(2)3/h4H,1-2,5-9H2,3H3. The van der Waals surface area contributed by atoms with Crippen LogP contribution in [0.3, 0.4) is 0 Å². The normalized spacial score (nSPS) is 13.6. The number of nitrogens with zero attached hydrogens (tertiary/aromatic N) is 2. The molecule has 21 heavy (non-hydrogen) atoms. The summed E-state index contributed by atoms with van der Waals surface area (Å²) in [7, 11) is 0. The first-order chi connectivity index (χ1) is 10.1. The van der Waals surface area contributed by atoms with E-state index in [0.717, 1.165) is 46.0 Å². The summed E-state index contributed by atoms with van der Waals surface area (Å²) in [5, 5.41) is 1.62. The van der Waals surface area contributed by atoms with Gasteiger partial charge in [0.1, 0.15) is 4.83 Å². The van der Waals surface area contributed by atoms with Gasteiger partial charge >= 0.3 is 0 Å². The van der Waals surface area contributed by atoms with Gasteiger partial charge in [0.2, 0.25) is 0 Å². The number of rotatable bonds is 5. The molecule has 3 rings (SSSR count). The Bertz CT molecular complexity index is 786. The van der Waals surface area contributed by atoms with Crippen molar-refractivity contribution in [2.24, 2.45) is 0 Å². The number of thioether (sulfide) groups is 1. The molecule has 0 fully saturated rings. The zero-order valence-electron chi connectivity index (χ0n) is 12.1. The quantitative estimate of drug-likeness (QED) is 0.478. The second-order valence-corrected chi connectivity index (χ2v) is 7.41. The van der Waals surface area contributed by atoms with Gasteiger partial charge in [-0.2, -0.15) is 0 Å². The van der Waals surface area contributed by atoms with Crippen LogP contribution in [0, 0.1) is 0 Å². The summed E-state index contributed by atoms with van der Waals surface area (Å²) in [6, 6.07) is 0. The van der Waals surface area contributed by atoms with Crippen molar-refractivity contribution in [3.63, 3.8) is 0 Å². The molecule has 2 aromatic rings. The van der Waals surface area contributed by atoms with Crippen LogP contribution >= 0.6 is 23.1 Å². The highest BCUT2D eigenvalue weighted by Crippen LogP contribution is 2.35. The minimum Gasteiger partial charge on any atom is -0.283 e. The molecule has 0 spiro atoms. The van der Waals surface area contributed by atoms with Gasteiger partial charge < -0.3 is 0 Å². The molecule has 0 radical (unpaired) electrons. The van der Waals surface area contributed by atoms with Gasteiger partial charge in [-0.1, -0.05) is 30.0 Å². The molecule has 0 aromatic carbocycles. The van der Waals surface area contributed by atoms with Crippen molar-refractivity contribution < 1.29 is 0 Å². The largest absolute Gasteiger partial charge is 0.283 e. The maximum Gasteiger partial charge on any atom is 0.263 e. The van der Waals surface area contributed by atoms with Gasteiger partial charge in [0, 0.05) is 17.2 Å². The molecule has 0 bridgehead atoms. The van der Waals surface area contributed by atoms with E-state index in [4.69, 9.17) is 4.98 Å². The van der Waals surface area contributed by atoms with Gasteiger partial charge in [-0.15, -0.1) is 17.9 Å². The van der Waals surface area contributed by atoms with Crippen LogP contribution in [0.25, 0.3) is 10.2 Å². The Kier molecular flexibility index (Phi) is 4.04. The summed E-state index contributed by atoms with van der Waals surface area (Å²) < 4.78 is 1.74. The molecule has 0 saturated heterocycles. The van der Waals surface area contributed by atoms with E-state index in [9.17, 15) is 4.79 Å². The molecule has 0 unspecified atom stereocenters. The number of fused-ring (bicyclic) bond motifs is 3. The summed E-state index contributed by atoms with van der Waals surface area (Å²) >= 11 is 3.27. The lowest BCUT2D eigenvalue weighted by Gasteiger charge is -2.10. The van der Waals surface area contributed by atoms with E-state index in [1.165, 1.54) is 10.4 Å². The molecular weight excluding hydrogens is 300 g/mol. The molecule has 2 heterocycles. The van der Waals surface area contributed by atoms with Crippen LogP contribution in [-0.2, 0) is 19.4 Å². The fraction of sp³-hybridized carbons (Fsp3) is 0.375. The van der Waals surface area contributed by atoms with E-state index < -0.39 is 0 Å². The number of allylic oxidation sites excluding steroid dienone is 1. The molecule has 5 heteroatoms. The molecule has 0 N–H and O–H groups in total. The molecule has 0 saturated carbocycles. The first-order valence-electron chi connectivity index (χ1n) is 7.05. The molecule has 1 aliphatic carbocycles. The molecule has 110 valence electrons. The molecule has 0 amide bonds. The van der Waals surface area contributed by atoms with Crippen molar-refractivity contribution in [3.05, 3.63) is 45.6 Å². The Labute approximate surface area is 132 Å². The minimum absolute atomic E-state index is 0.0866. The third-order valence-corrected chi connectivity index (χ3v) is 5.94. The number of aromatic nitrogens is 2. The lowest BCUT2D eigenvalue weighted by molar-refractivity contribution is 0.672. The maximum absolute atomic E-state index is 12.9. The summed E-state index contributed by atoms with van der Waals surface area (Å²) in [5.41, 5.74) is 2.40. The summed E-state index contributed by atoms with van der Waals surface area (Å²) in [5.74, 6) is 0.778. The molecule has 2 aromatic heterocycles. The van der Waals surface area contributed by atoms with Crippen LogP contribution in [0.15, 0.2) is 34.8 Å². The predicted octanol–water partition coefficient (Wildman–Crippen LogP) is 3.80. The Morgan fingerprint density at radius 3 is 3.05 bits per heavy atom. The second-order valence-electron chi connectivity index (χ2n) is 5.38. The van der Waals surface area contributed by atoms with E-state index >= 15 is 0 Å². The van der Waals surface area contributed by atoms with Crippen LogP contribution in [-0.4, -0.2) is 15.3 Å². The molecule has 0 atom stereocenters. The highest BCUT2D eigenvalue weighted by Gasteiger charge is 2.22. The monoisotopic (exact) mass is 318 g/mol. The number of thiophene rings is 1. The average Bonchev–Trinajstić information content (AvgIpc) is 2.99. The fourth-order valence-corrected chi connectivity index (χ4v) is 4.80. The predicted molar refractivity (Wildman–Crippen MR) is 91.6 cm³/mol. The third kappa shape index (κ3) is 2.60. The SMILES string of the molecule is C=CCn1c(SCC(=C)C)nc2sc3c(c2c1=O)CCC3. The van der Waals surface area contributed by atoms with E-state index in [1.807, 2.05) is 6.92 Å². The van der Waals surface area contributed by atoms with Crippen molar-refractivity contribution in [2.75, 3.05) is 5.75 Å². The summed E-state index contributed by atoms with van der Waals surface area (Å²) in [6.07, 6.45) is 5.01. The Balaban J connectivity index is 2.18. The Morgan fingerprint density at radius 1 is 1.52 bits per heavy atom. The molecule has 0 aliphatic heterocycles.